The molecule has 0 aromatic heterocycles. The molecule has 19 heavy (non-hydrogen) atoms. The molecule has 106 valence electrons. The Labute approximate surface area is 109 Å². The van der Waals surface area contributed by atoms with Crippen molar-refractivity contribution in [2.24, 2.45) is 11.7 Å². The van der Waals surface area contributed by atoms with E-state index in [0.717, 1.165) is 12.1 Å². The van der Waals surface area contributed by atoms with E-state index in [-0.39, 0.29) is 6.42 Å². The highest BCUT2D eigenvalue weighted by Gasteiger charge is 2.35. The van der Waals surface area contributed by atoms with Crippen molar-refractivity contribution in [1.82, 2.24) is 0 Å². The second-order valence-corrected chi connectivity index (χ2v) is 4.89. The Morgan fingerprint density at radius 2 is 2.00 bits per heavy atom. The van der Waals surface area contributed by atoms with Gasteiger partial charge in [0, 0.05) is 0 Å². The predicted octanol–water partition coefficient (Wildman–Crippen LogP) is 2.69. The van der Waals surface area contributed by atoms with Crippen LogP contribution in [0.2, 0.25) is 0 Å². The number of benzene rings is 1. The summed E-state index contributed by atoms with van der Waals surface area (Å²) in [5, 5.41) is 8.97. The lowest BCUT2D eigenvalue weighted by Gasteiger charge is -2.27. The smallest absolute Gasteiger partial charge is 0.416 e. The summed E-state index contributed by atoms with van der Waals surface area (Å²) in [4.78, 5) is 11.0. The molecule has 0 bridgehead atoms. The number of hydrogen-bond acceptors (Lipinski definition) is 2. The standard InChI is InChI=1S/C13H16F3NO2/c1-8(12(2,17)11(18)19)6-9-4-3-5-10(7-9)13(14,15)16/h3-5,7-8H,6,17H2,1-2H3,(H,18,19). The molecule has 0 saturated heterocycles. The Balaban J connectivity index is 2.92. The maximum Gasteiger partial charge on any atom is 0.416 e. The lowest BCUT2D eigenvalue weighted by Crippen LogP contribution is -2.51. The highest BCUT2D eigenvalue weighted by molar-refractivity contribution is 5.78. The van der Waals surface area contributed by atoms with Crippen LogP contribution >= 0.6 is 0 Å². The van der Waals surface area contributed by atoms with Gasteiger partial charge in [-0.15, -0.1) is 0 Å². The van der Waals surface area contributed by atoms with Gasteiger partial charge >= 0.3 is 12.1 Å². The summed E-state index contributed by atoms with van der Waals surface area (Å²) in [6, 6.07) is 4.84. The van der Waals surface area contributed by atoms with Crippen LogP contribution in [0.25, 0.3) is 0 Å². The summed E-state index contributed by atoms with van der Waals surface area (Å²) >= 11 is 0. The molecule has 0 spiro atoms. The molecule has 3 nitrogen and oxygen atoms in total. The van der Waals surface area contributed by atoms with Crippen molar-refractivity contribution >= 4 is 5.97 Å². The zero-order chi connectivity index (χ0) is 14.8. The molecule has 2 unspecified atom stereocenters. The third kappa shape index (κ3) is 3.70. The van der Waals surface area contributed by atoms with E-state index in [4.69, 9.17) is 10.8 Å². The minimum absolute atomic E-state index is 0.170. The fraction of sp³-hybridized carbons (Fsp3) is 0.462. The summed E-state index contributed by atoms with van der Waals surface area (Å²) in [7, 11) is 0. The van der Waals surface area contributed by atoms with Crippen LogP contribution in [0.4, 0.5) is 13.2 Å². The van der Waals surface area contributed by atoms with Crippen LogP contribution < -0.4 is 5.73 Å². The summed E-state index contributed by atoms with van der Waals surface area (Å²) in [6.45, 7) is 2.96. The van der Waals surface area contributed by atoms with E-state index in [1.165, 1.54) is 19.1 Å². The van der Waals surface area contributed by atoms with Crippen LogP contribution in [-0.4, -0.2) is 16.6 Å². The zero-order valence-electron chi connectivity index (χ0n) is 10.7. The van der Waals surface area contributed by atoms with Crippen molar-refractivity contribution in [1.29, 1.82) is 0 Å². The summed E-state index contributed by atoms with van der Waals surface area (Å²) in [6.07, 6.45) is -4.23. The minimum Gasteiger partial charge on any atom is -0.480 e. The Morgan fingerprint density at radius 1 is 1.42 bits per heavy atom. The number of alkyl halides is 3. The van der Waals surface area contributed by atoms with Crippen molar-refractivity contribution in [2.45, 2.75) is 32.0 Å². The summed E-state index contributed by atoms with van der Waals surface area (Å²) in [5.74, 6) is -1.67. The van der Waals surface area contributed by atoms with Crippen molar-refractivity contribution < 1.29 is 23.1 Å². The average molecular weight is 275 g/mol. The molecular formula is C13H16F3NO2. The Hall–Kier alpha value is -1.56. The summed E-state index contributed by atoms with van der Waals surface area (Å²) in [5.41, 5.74) is 3.85. The van der Waals surface area contributed by atoms with E-state index in [9.17, 15) is 18.0 Å². The lowest BCUT2D eigenvalue weighted by atomic mass is 9.83. The summed E-state index contributed by atoms with van der Waals surface area (Å²) < 4.78 is 37.6. The number of carboxylic acid groups (broad SMARTS) is 1. The van der Waals surface area contributed by atoms with E-state index < -0.39 is 29.2 Å². The second-order valence-electron chi connectivity index (χ2n) is 4.89. The van der Waals surface area contributed by atoms with E-state index in [0.29, 0.717) is 5.56 Å². The van der Waals surface area contributed by atoms with Gasteiger partial charge in [-0.3, -0.25) is 4.79 Å². The SMILES string of the molecule is CC(Cc1cccc(C(F)(F)F)c1)C(C)(N)C(=O)O. The first-order valence-electron chi connectivity index (χ1n) is 5.73. The molecule has 0 radical (unpaired) electrons. The predicted molar refractivity (Wildman–Crippen MR) is 64.5 cm³/mol. The van der Waals surface area contributed by atoms with Gasteiger partial charge in [-0.05, 0) is 30.9 Å². The van der Waals surface area contributed by atoms with Crippen molar-refractivity contribution in [3.63, 3.8) is 0 Å². The molecule has 0 aliphatic rings. The Morgan fingerprint density at radius 3 is 2.47 bits per heavy atom. The highest BCUT2D eigenvalue weighted by atomic mass is 19.4. The number of halogens is 3. The quantitative estimate of drug-likeness (QED) is 0.888. The maximum absolute atomic E-state index is 12.5. The van der Waals surface area contributed by atoms with Gasteiger partial charge in [-0.25, -0.2) is 0 Å². The number of rotatable bonds is 4. The molecule has 6 heteroatoms. The van der Waals surface area contributed by atoms with Gasteiger partial charge in [-0.1, -0.05) is 25.1 Å². The fourth-order valence-corrected chi connectivity index (χ4v) is 1.65. The normalized spacial score (nSPS) is 16.7. The van der Waals surface area contributed by atoms with E-state index in [1.54, 1.807) is 6.92 Å². The Kier molecular flexibility index (Phi) is 4.25. The van der Waals surface area contributed by atoms with Crippen LogP contribution in [0.15, 0.2) is 24.3 Å². The zero-order valence-corrected chi connectivity index (χ0v) is 10.7. The van der Waals surface area contributed by atoms with Crippen molar-refractivity contribution in [3.05, 3.63) is 35.4 Å². The number of carbonyl (C=O) groups is 1. The third-order valence-electron chi connectivity index (χ3n) is 3.28. The van der Waals surface area contributed by atoms with Gasteiger partial charge in [0.2, 0.25) is 0 Å². The van der Waals surface area contributed by atoms with Crippen molar-refractivity contribution in [3.8, 4) is 0 Å². The van der Waals surface area contributed by atoms with Crippen LogP contribution in [0, 0.1) is 5.92 Å². The molecule has 0 aliphatic heterocycles. The number of hydrogen-bond donors (Lipinski definition) is 2. The van der Waals surface area contributed by atoms with Crippen molar-refractivity contribution in [2.75, 3.05) is 0 Å². The van der Waals surface area contributed by atoms with Crippen LogP contribution in [-0.2, 0) is 17.4 Å². The van der Waals surface area contributed by atoms with Crippen LogP contribution in [0.5, 0.6) is 0 Å². The molecule has 0 heterocycles. The number of aliphatic carboxylic acids is 1. The second kappa shape index (κ2) is 5.21. The first-order chi connectivity index (χ1) is 8.55. The molecule has 0 amide bonds. The van der Waals surface area contributed by atoms with E-state index in [1.807, 2.05) is 0 Å². The largest absolute Gasteiger partial charge is 0.480 e. The monoisotopic (exact) mass is 275 g/mol. The van der Waals surface area contributed by atoms with Gasteiger partial charge in [0.1, 0.15) is 5.54 Å². The lowest BCUT2D eigenvalue weighted by molar-refractivity contribution is -0.144. The minimum atomic E-state index is -4.40. The van der Waals surface area contributed by atoms with Gasteiger partial charge in [0.05, 0.1) is 5.56 Å². The molecule has 1 rings (SSSR count). The topological polar surface area (TPSA) is 63.3 Å². The maximum atomic E-state index is 12.5. The molecular weight excluding hydrogens is 259 g/mol. The third-order valence-corrected chi connectivity index (χ3v) is 3.28. The molecule has 1 aromatic rings. The molecule has 2 atom stereocenters. The first-order valence-corrected chi connectivity index (χ1v) is 5.73. The molecule has 1 aromatic carbocycles. The van der Waals surface area contributed by atoms with E-state index in [2.05, 4.69) is 0 Å². The van der Waals surface area contributed by atoms with Gasteiger partial charge < -0.3 is 10.8 Å². The van der Waals surface area contributed by atoms with Gasteiger partial charge in [0.25, 0.3) is 0 Å². The van der Waals surface area contributed by atoms with Crippen LogP contribution in [0.3, 0.4) is 0 Å². The first kappa shape index (κ1) is 15.5. The average Bonchev–Trinajstić information content (AvgIpc) is 2.27. The van der Waals surface area contributed by atoms with Gasteiger partial charge in [0.15, 0.2) is 0 Å². The highest BCUT2D eigenvalue weighted by Crippen LogP contribution is 2.30. The Bertz CT molecular complexity index is 469. The number of carboxylic acids is 1. The number of nitrogens with two attached hydrogens (primary N) is 1. The molecule has 0 fully saturated rings. The molecule has 3 N–H and O–H groups in total. The molecule has 0 aliphatic carbocycles. The van der Waals surface area contributed by atoms with Crippen LogP contribution in [0.1, 0.15) is 25.0 Å². The van der Waals surface area contributed by atoms with Gasteiger partial charge in [-0.2, -0.15) is 13.2 Å². The van der Waals surface area contributed by atoms with E-state index >= 15 is 0 Å². The fourth-order valence-electron chi connectivity index (χ4n) is 1.65. The molecule has 0 saturated carbocycles.